The van der Waals surface area contributed by atoms with Gasteiger partial charge in [-0.2, -0.15) is 5.10 Å². The Labute approximate surface area is 117 Å². The third-order valence-electron chi connectivity index (χ3n) is 3.03. The zero-order chi connectivity index (χ0) is 14.4. The summed E-state index contributed by atoms with van der Waals surface area (Å²) in [7, 11) is 0. The summed E-state index contributed by atoms with van der Waals surface area (Å²) in [6.45, 7) is 3.03. The van der Waals surface area contributed by atoms with Crippen molar-refractivity contribution in [3.8, 4) is 0 Å². The standard InChI is InChI=1S/C13H19N5O2/c1-10(4-7-19)8-15-13(20)16-9-11-2-5-14-12-3-6-17-18(11)12/h2-3,5-6,10,19H,4,7-9H2,1H3,(H2,15,16,20). The number of hydrogen-bond donors (Lipinski definition) is 3. The first kappa shape index (κ1) is 14.3. The highest BCUT2D eigenvalue weighted by atomic mass is 16.3. The van der Waals surface area contributed by atoms with Crippen LogP contribution in [0, 0.1) is 5.92 Å². The topological polar surface area (TPSA) is 91.5 Å². The fourth-order valence-corrected chi connectivity index (χ4v) is 1.84. The predicted octanol–water partition coefficient (Wildman–Crippen LogP) is 0.547. The highest BCUT2D eigenvalue weighted by Gasteiger charge is 2.06. The van der Waals surface area contributed by atoms with Gasteiger partial charge in [0.25, 0.3) is 0 Å². The van der Waals surface area contributed by atoms with Crippen LogP contribution in [0.25, 0.3) is 5.65 Å². The third-order valence-corrected chi connectivity index (χ3v) is 3.03. The molecule has 0 aliphatic rings. The highest BCUT2D eigenvalue weighted by molar-refractivity contribution is 5.73. The van der Waals surface area contributed by atoms with Crippen LogP contribution >= 0.6 is 0 Å². The molecule has 0 radical (unpaired) electrons. The second-order valence-corrected chi connectivity index (χ2v) is 4.72. The molecule has 2 heterocycles. The molecule has 0 spiro atoms. The molecule has 20 heavy (non-hydrogen) atoms. The normalized spacial score (nSPS) is 12.3. The van der Waals surface area contributed by atoms with Gasteiger partial charge in [-0.3, -0.25) is 0 Å². The van der Waals surface area contributed by atoms with Gasteiger partial charge in [-0.05, 0) is 18.4 Å². The minimum Gasteiger partial charge on any atom is -0.396 e. The van der Waals surface area contributed by atoms with Gasteiger partial charge in [0, 0.05) is 25.4 Å². The van der Waals surface area contributed by atoms with Crippen LogP contribution in [-0.2, 0) is 6.54 Å². The Bertz CT molecular complexity index is 569. The maximum Gasteiger partial charge on any atom is 0.315 e. The van der Waals surface area contributed by atoms with Crippen LogP contribution in [0.15, 0.2) is 24.5 Å². The summed E-state index contributed by atoms with van der Waals surface area (Å²) in [5, 5.41) is 18.5. The molecule has 0 saturated heterocycles. The average molecular weight is 277 g/mol. The summed E-state index contributed by atoms with van der Waals surface area (Å²) in [5.41, 5.74) is 1.61. The van der Waals surface area contributed by atoms with Crippen molar-refractivity contribution in [2.24, 2.45) is 5.92 Å². The molecular formula is C13H19N5O2. The van der Waals surface area contributed by atoms with Crippen molar-refractivity contribution in [3.05, 3.63) is 30.2 Å². The summed E-state index contributed by atoms with van der Waals surface area (Å²) in [4.78, 5) is 15.8. The maximum absolute atomic E-state index is 11.7. The molecule has 0 bridgehead atoms. The van der Waals surface area contributed by atoms with E-state index in [0.29, 0.717) is 19.5 Å². The smallest absolute Gasteiger partial charge is 0.315 e. The summed E-state index contributed by atoms with van der Waals surface area (Å²) in [6.07, 6.45) is 4.04. The van der Waals surface area contributed by atoms with E-state index in [2.05, 4.69) is 20.7 Å². The number of urea groups is 1. The number of nitrogens with zero attached hydrogens (tertiary/aromatic N) is 3. The van der Waals surface area contributed by atoms with Crippen LogP contribution in [-0.4, -0.2) is 38.9 Å². The monoisotopic (exact) mass is 277 g/mol. The molecule has 3 N–H and O–H groups in total. The van der Waals surface area contributed by atoms with Gasteiger partial charge in [-0.15, -0.1) is 0 Å². The van der Waals surface area contributed by atoms with Crippen LogP contribution in [0.1, 0.15) is 19.0 Å². The Balaban J connectivity index is 1.83. The summed E-state index contributed by atoms with van der Waals surface area (Å²) in [6, 6.07) is 3.39. The quantitative estimate of drug-likeness (QED) is 0.719. The van der Waals surface area contributed by atoms with Gasteiger partial charge in [0.2, 0.25) is 0 Å². The van der Waals surface area contributed by atoms with Crippen molar-refractivity contribution in [1.82, 2.24) is 25.2 Å². The molecule has 0 aliphatic heterocycles. The molecule has 2 aromatic rings. The van der Waals surface area contributed by atoms with E-state index in [4.69, 9.17) is 5.11 Å². The van der Waals surface area contributed by atoms with Crippen molar-refractivity contribution in [2.75, 3.05) is 13.2 Å². The van der Waals surface area contributed by atoms with Gasteiger partial charge in [0.15, 0.2) is 5.65 Å². The first-order valence-corrected chi connectivity index (χ1v) is 6.61. The lowest BCUT2D eigenvalue weighted by molar-refractivity contribution is 0.233. The first-order valence-electron chi connectivity index (χ1n) is 6.61. The molecule has 2 amide bonds. The summed E-state index contributed by atoms with van der Waals surface area (Å²) in [5.74, 6) is 0.254. The molecule has 2 aromatic heterocycles. The Morgan fingerprint density at radius 2 is 2.25 bits per heavy atom. The molecule has 0 fully saturated rings. The number of carbonyl (C=O) groups is 1. The number of aliphatic hydroxyl groups excluding tert-OH is 1. The minimum atomic E-state index is -0.230. The van der Waals surface area contributed by atoms with Crippen molar-refractivity contribution in [3.63, 3.8) is 0 Å². The molecule has 108 valence electrons. The number of nitrogens with one attached hydrogen (secondary N) is 2. The van der Waals surface area contributed by atoms with Gasteiger partial charge < -0.3 is 15.7 Å². The maximum atomic E-state index is 11.7. The van der Waals surface area contributed by atoms with Crippen LogP contribution in [0.2, 0.25) is 0 Å². The first-order chi connectivity index (χ1) is 9.70. The molecular weight excluding hydrogens is 258 g/mol. The minimum absolute atomic E-state index is 0.138. The number of aromatic nitrogens is 3. The van der Waals surface area contributed by atoms with Gasteiger partial charge in [-0.1, -0.05) is 6.92 Å². The molecule has 0 aliphatic carbocycles. The van der Waals surface area contributed by atoms with E-state index < -0.39 is 0 Å². The molecule has 1 unspecified atom stereocenters. The van der Waals surface area contributed by atoms with Gasteiger partial charge in [0.1, 0.15) is 0 Å². The van der Waals surface area contributed by atoms with E-state index in [1.807, 2.05) is 13.0 Å². The molecule has 7 heteroatoms. The van der Waals surface area contributed by atoms with Gasteiger partial charge >= 0.3 is 6.03 Å². The fourth-order valence-electron chi connectivity index (χ4n) is 1.84. The van der Waals surface area contributed by atoms with E-state index >= 15 is 0 Å². The van der Waals surface area contributed by atoms with Crippen molar-refractivity contribution in [1.29, 1.82) is 0 Å². The molecule has 7 nitrogen and oxygen atoms in total. The Morgan fingerprint density at radius 1 is 1.40 bits per heavy atom. The van der Waals surface area contributed by atoms with Crippen molar-refractivity contribution < 1.29 is 9.90 Å². The molecule has 2 rings (SSSR count). The van der Waals surface area contributed by atoms with Gasteiger partial charge in [-0.25, -0.2) is 14.3 Å². The Morgan fingerprint density at radius 3 is 3.05 bits per heavy atom. The Kier molecular flexibility index (Phi) is 4.89. The summed E-state index contributed by atoms with van der Waals surface area (Å²) < 4.78 is 1.69. The van der Waals surface area contributed by atoms with Gasteiger partial charge in [0.05, 0.1) is 18.4 Å². The van der Waals surface area contributed by atoms with Crippen molar-refractivity contribution in [2.45, 2.75) is 19.9 Å². The lowest BCUT2D eigenvalue weighted by Crippen LogP contribution is -2.37. The van der Waals surface area contributed by atoms with Crippen molar-refractivity contribution >= 4 is 11.7 Å². The second-order valence-electron chi connectivity index (χ2n) is 4.72. The van der Waals surface area contributed by atoms with E-state index in [-0.39, 0.29) is 18.6 Å². The molecule has 0 saturated carbocycles. The van der Waals surface area contributed by atoms with E-state index in [9.17, 15) is 4.79 Å². The number of hydrogen-bond acceptors (Lipinski definition) is 4. The number of fused-ring (bicyclic) bond motifs is 1. The number of rotatable bonds is 6. The van der Waals surface area contributed by atoms with E-state index in [0.717, 1.165) is 11.3 Å². The third kappa shape index (κ3) is 3.67. The zero-order valence-electron chi connectivity index (χ0n) is 11.4. The average Bonchev–Trinajstić information content (AvgIpc) is 2.92. The van der Waals surface area contributed by atoms with E-state index in [1.165, 1.54) is 0 Å². The van der Waals surface area contributed by atoms with Crippen LogP contribution < -0.4 is 10.6 Å². The second kappa shape index (κ2) is 6.85. The molecule has 0 aromatic carbocycles. The number of aliphatic hydroxyl groups is 1. The SMILES string of the molecule is CC(CCO)CNC(=O)NCc1ccnc2ccnn12. The Hall–Kier alpha value is -2.15. The largest absolute Gasteiger partial charge is 0.396 e. The fraction of sp³-hybridized carbons (Fsp3) is 0.462. The number of carbonyl (C=O) groups excluding carboxylic acids is 1. The van der Waals surface area contributed by atoms with E-state index in [1.54, 1.807) is 23.0 Å². The molecule has 1 atom stereocenters. The van der Waals surface area contributed by atoms with Crippen LogP contribution in [0.3, 0.4) is 0 Å². The highest BCUT2D eigenvalue weighted by Crippen LogP contribution is 2.02. The predicted molar refractivity (Wildman–Crippen MR) is 74.1 cm³/mol. The van der Waals surface area contributed by atoms with Crippen LogP contribution in [0.4, 0.5) is 4.79 Å². The lowest BCUT2D eigenvalue weighted by Gasteiger charge is -2.12. The summed E-state index contributed by atoms with van der Waals surface area (Å²) >= 11 is 0. The lowest BCUT2D eigenvalue weighted by atomic mass is 10.1. The van der Waals surface area contributed by atoms with Crippen LogP contribution in [0.5, 0.6) is 0 Å². The number of amides is 2. The zero-order valence-corrected chi connectivity index (χ0v) is 11.4.